The van der Waals surface area contributed by atoms with Gasteiger partial charge in [0.2, 0.25) is 0 Å². The van der Waals surface area contributed by atoms with Gasteiger partial charge in [0.15, 0.2) is 16.3 Å². The van der Waals surface area contributed by atoms with E-state index >= 15 is 0 Å². The standard InChI is InChI=1S/C25H22Br2N2O6S/c1-5-35-24(32)20-12(2)28-25-29(21(20)14-6-7-17(33-3)18(11-14)34-4)23(31)19(36-25)10-13-8-15(26)22(30)16(27)9-13/h6-11,21,30H,5H2,1-4H3/t21-/m0/s1. The summed E-state index contributed by atoms with van der Waals surface area (Å²) in [4.78, 5) is 31.8. The van der Waals surface area contributed by atoms with E-state index < -0.39 is 12.0 Å². The number of allylic oxidation sites excluding steroid dienone is 1. The number of nitrogens with zero attached hydrogens (tertiary/aromatic N) is 2. The topological polar surface area (TPSA) is 99.4 Å². The molecule has 11 heteroatoms. The van der Waals surface area contributed by atoms with Gasteiger partial charge in [0.25, 0.3) is 5.56 Å². The van der Waals surface area contributed by atoms with Crippen molar-refractivity contribution in [2.45, 2.75) is 19.9 Å². The highest BCUT2D eigenvalue weighted by Crippen LogP contribution is 2.36. The van der Waals surface area contributed by atoms with Crippen LogP contribution in [0.25, 0.3) is 6.08 Å². The highest BCUT2D eigenvalue weighted by atomic mass is 79.9. The average Bonchev–Trinajstić information content (AvgIpc) is 3.15. The Labute approximate surface area is 227 Å². The summed E-state index contributed by atoms with van der Waals surface area (Å²) in [5.74, 6) is 0.514. The molecular weight excluding hydrogens is 616 g/mol. The fourth-order valence-corrected chi connectivity index (χ4v) is 6.22. The van der Waals surface area contributed by atoms with Crippen LogP contribution in [0.3, 0.4) is 0 Å². The number of benzene rings is 2. The number of rotatable bonds is 6. The predicted octanol–water partition coefficient (Wildman–Crippen LogP) is 4.05. The van der Waals surface area contributed by atoms with Crippen molar-refractivity contribution < 1.29 is 24.1 Å². The number of phenolic OH excluding ortho intramolecular Hbond substituents is 1. The number of hydrogen-bond donors (Lipinski definition) is 1. The molecule has 0 spiro atoms. The molecule has 1 aliphatic heterocycles. The van der Waals surface area contributed by atoms with Gasteiger partial charge in [-0.2, -0.15) is 0 Å². The molecule has 0 fully saturated rings. The van der Waals surface area contributed by atoms with Crippen molar-refractivity contribution >= 4 is 55.2 Å². The second-order valence-corrected chi connectivity index (χ2v) is 10.5. The number of methoxy groups -OCH3 is 2. The van der Waals surface area contributed by atoms with E-state index in [2.05, 4.69) is 36.9 Å². The van der Waals surface area contributed by atoms with Crippen LogP contribution in [-0.4, -0.2) is 36.5 Å². The first-order chi connectivity index (χ1) is 17.2. The molecule has 0 unspecified atom stereocenters. The number of fused-ring (bicyclic) bond motifs is 1. The van der Waals surface area contributed by atoms with Gasteiger partial charge < -0.3 is 19.3 Å². The third kappa shape index (κ3) is 4.74. The van der Waals surface area contributed by atoms with Crippen LogP contribution in [0, 0.1) is 0 Å². The smallest absolute Gasteiger partial charge is 0.338 e. The molecule has 0 amide bonds. The monoisotopic (exact) mass is 636 g/mol. The maximum Gasteiger partial charge on any atom is 0.338 e. The number of carbonyl (C=O) groups excluding carboxylic acids is 1. The lowest BCUT2D eigenvalue weighted by Gasteiger charge is -2.25. The number of ether oxygens (including phenoxy) is 3. The van der Waals surface area contributed by atoms with E-state index in [1.807, 2.05) is 0 Å². The molecule has 188 valence electrons. The molecule has 4 rings (SSSR count). The number of aromatic hydroxyl groups is 1. The SMILES string of the molecule is CCOC(=O)C1=C(C)N=c2sc(=Cc3cc(Br)c(O)c(Br)c3)c(=O)n2[C@H]1c1ccc(OC)c(OC)c1. The van der Waals surface area contributed by atoms with Crippen molar-refractivity contribution in [2.24, 2.45) is 4.99 Å². The zero-order chi connectivity index (χ0) is 26.1. The van der Waals surface area contributed by atoms with Crippen molar-refractivity contribution in [3.8, 4) is 17.2 Å². The molecular formula is C25H22Br2N2O6S. The van der Waals surface area contributed by atoms with Crippen molar-refractivity contribution in [1.29, 1.82) is 0 Å². The Hall–Kier alpha value is -2.89. The van der Waals surface area contributed by atoms with Gasteiger partial charge in [-0.05, 0) is 87.2 Å². The van der Waals surface area contributed by atoms with Crippen LogP contribution in [0.4, 0.5) is 0 Å². The lowest BCUT2D eigenvalue weighted by atomic mass is 9.95. The largest absolute Gasteiger partial charge is 0.506 e. The first kappa shape index (κ1) is 26.2. The molecule has 0 radical (unpaired) electrons. The predicted molar refractivity (Wildman–Crippen MR) is 143 cm³/mol. The molecule has 8 nitrogen and oxygen atoms in total. The van der Waals surface area contributed by atoms with Crippen LogP contribution >= 0.6 is 43.2 Å². The summed E-state index contributed by atoms with van der Waals surface area (Å²) in [6, 6.07) is 7.90. The van der Waals surface area contributed by atoms with E-state index in [9.17, 15) is 14.7 Å². The minimum absolute atomic E-state index is 0.0665. The Morgan fingerprint density at radius 1 is 1.17 bits per heavy atom. The molecule has 2 aromatic carbocycles. The second kappa shape index (κ2) is 10.6. The molecule has 1 aliphatic rings. The van der Waals surface area contributed by atoms with Crippen LogP contribution < -0.4 is 24.4 Å². The molecule has 0 saturated carbocycles. The number of phenols is 1. The van der Waals surface area contributed by atoms with E-state index in [4.69, 9.17) is 14.2 Å². The van der Waals surface area contributed by atoms with Crippen LogP contribution in [0.15, 0.2) is 60.3 Å². The maximum absolute atomic E-state index is 13.7. The normalized spacial score (nSPS) is 15.4. The van der Waals surface area contributed by atoms with E-state index in [1.165, 1.54) is 30.1 Å². The van der Waals surface area contributed by atoms with E-state index in [1.54, 1.807) is 50.3 Å². The molecule has 1 aromatic heterocycles. The molecule has 36 heavy (non-hydrogen) atoms. The average molecular weight is 638 g/mol. The van der Waals surface area contributed by atoms with Crippen LogP contribution in [0.1, 0.15) is 31.0 Å². The van der Waals surface area contributed by atoms with Crippen LogP contribution in [-0.2, 0) is 9.53 Å². The van der Waals surface area contributed by atoms with Gasteiger partial charge in [-0.3, -0.25) is 9.36 Å². The molecule has 0 saturated heterocycles. The first-order valence-electron chi connectivity index (χ1n) is 10.8. The van der Waals surface area contributed by atoms with E-state index in [0.717, 1.165) is 0 Å². The summed E-state index contributed by atoms with van der Waals surface area (Å²) in [7, 11) is 3.06. The Morgan fingerprint density at radius 3 is 2.44 bits per heavy atom. The lowest BCUT2D eigenvalue weighted by molar-refractivity contribution is -0.139. The number of halogens is 2. The summed E-state index contributed by atoms with van der Waals surface area (Å²) >= 11 is 7.85. The van der Waals surface area contributed by atoms with Gasteiger partial charge in [-0.15, -0.1) is 0 Å². The molecule has 1 atom stereocenters. The number of aromatic nitrogens is 1. The third-order valence-electron chi connectivity index (χ3n) is 5.58. The Kier molecular flexibility index (Phi) is 7.72. The molecule has 2 heterocycles. The zero-order valence-electron chi connectivity index (χ0n) is 19.8. The molecule has 1 N–H and O–H groups in total. The maximum atomic E-state index is 13.7. The lowest BCUT2D eigenvalue weighted by Crippen LogP contribution is -2.40. The number of hydrogen-bond acceptors (Lipinski definition) is 8. The zero-order valence-corrected chi connectivity index (χ0v) is 23.8. The quantitative estimate of drug-likeness (QED) is 0.410. The fourth-order valence-electron chi connectivity index (χ4n) is 3.95. The summed E-state index contributed by atoms with van der Waals surface area (Å²) in [5.41, 5.74) is 1.77. The third-order valence-corrected chi connectivity index (χ3v) is 7.77. The van der Waals surface area contributed by atoms with Gasteiger partial charge in [-0.25, -0.2) is 9.79 Å². The number of esters is 1. The van der Waals surface area contributed by atoms with Gasteiger partial charge in [0.1, 0.15) is 5.75 Å². The van der Waals surface area contributed by atoms with Gasteiger partial charge in [0.05, 0.1) is 51.6 Å². The summed E-state index contributed by atoms with van der Waals surface area (Å²) in [5, 5.41) is 10.0. The van der Waals surface area contributed by atoms with Gasteiger partial charge in [-0.1, -0.05) is 17.4 Å². The molecule has 3 aromatic rings. The summed E-state index contributed by atoms with van der Waals surface area (Å²) in [6.07, 6.45) is 1.72. The second-order valence-electron chi connectivity index (χ2n) is 7.75. The molecule has 0 aliphatic carbocycles. The van der Waals surface area contributed by atoms with Crippen molar-refractivity contribution in [3.05, 3.63) is 81.4 Å². The van der Waals surface area contributed by atoms with Crippen molar-refractivity contribution in [1.82, 2.24) is 4.57 Å². The minimum Gasteiger partial charge on any atom is -0.506 e. The van der Waals surface area contributed by atoms with Gasteiger partial charge >= 0.3 is 5.97 Å². The van der Waals surface area contributed by atoms with E-state index in [0.29, 0.717) is 46.6 Å². The fraction of sp³-hybridized carbons (Fsp3) is 0.240. The van der Waals surface area contributed by atoms with E-state index in [-0.39, 0.29) is 23.5 Å². The highest BCUT2D eigenvalue weighted by molar-refractivity contribution is 9.11. The Morgan fingerprint density at radius 2 is 1.83 bits per heavy atom. The highest BCUT2D eigenvalue weighted by Gasteiger charge is 2.34. The van der Waals surface area contributed by atoms with Crippen molar-refractivity contribution in [3.63, 3.8) is 0 Å². The van der Waals surface area contributed by atoms with Gasteiger partial charge in [0, 0.05) is 0 Å². The summed E-state index contributed by atoms with van der Waals surface area (Å²) in [6.45, 7) is 3.64. The Bertz CT molecular complexity index is 1550. The van der Waals surface area contributed by atoms with Crippen LogP contribution in [0.5, 0.6) is 17.2 Å². The van der Waals surface area contributed by atoms with Crippen LogP contribution in [0.2, 0.25) is 0 Å². The number of carbonyl (C=O) groups is 1. The summed E-state index contributed by atoms with van der Waals surface area (Å²) < 4.78 is 19.1. The Balaban J connectivity index is 1.98. The number of thiazole rings is 1. The first-order valence-corrected chi connectivity index (χ1v) is 13.2. The molecule has 0 bridgehead atoms. The minimum atomic E-state index is -0.777. The van der Waals surface area contributed by atoms with Crippen molar-refractivity contribution in [2.75, 3.05) is 20.8 Å².